The van der Waals surface area contributed by atoms with Crippen molar-refractivity contribution in [1.29, 1.82) is 0 Å². The van der Waals surface area contributed by atoms with Crippen LogP contribution in [0.3, 0.4) is 0 Å². The van der Waals surface area contributed by atoms with E-state index in [2.05, 4.69) is 17.2 Å². The van der Waals surface area contributed by atoms with Crippen LogP contribution in [-0.2, 0) is 4.74 Å². The molecule has 0 saturated carbocycles. The molecule has 1 amide bonds. The van der Waals surface area contributed by atoms with Gasteiger partial charge in [-0.2, -0.15) is 0 Å². The fourth-order valence-electron chi connectivity index (χ4n) is 1.87. The second-order valence-corrected chi connectivity index (χ2v) is 5.98. The molecular formula is C18H19NO4. The standard InChI is InChI=1S/C18H19NO4/c1-18(2,3)23-17(21)19-10-5-4-6-13-7-8-16-14(12-13)15(20)9-11-22-16/h7-9,11-12H,5,10H2,1-3H3,(H,19,21). The van der Waals surface area contributed by atoms with Crippen LogP contribution >= 0.6 is 0 Å². The minimum absolute atomic E-state index is 0.0958. The van der Waals surface area contributed by atoms with Gasteiger partial charge in [0.2, 0.25) is 0 Å². The number of carbonyl (C=O) groups excluding carboxylic acids is 1. The van der Waals surface area contributed by atoms with E-state index in [0.717, 1.165) is 5.56 Å². The lowest BCUT2D eigenvalue weighted by Gasteiger charge is -2.19. The molecule has 0 bridgehead atoms. The van der Waals surface area contributed by atoms with E-state index in [0.29, 0.717) is 23.9 Å². The second kappa shape index (κ2) is 7.01. The molecule has 1 aromatic heterocycles. The first-order chi connectivity index (χ1) is 10.8. The molecular weight excluding hydrogens is 294 g/mol. The van der Waals surface area contributed by atoms with Crippen LogP contribution in [0.25, 0.3) is 11.0 Å². The van der Waals surface area contributed by atoms with Gasteiger partial charge in [-0.25, -0.2) is 4.79 Å². The zero-order valence-corrected chi connectivity index (χ0v) is 13.4. The highest BCUT2D eigenvalue weighted by atomic mass is 16.6. The molecule has 23 heavy (non-hydrogen) atoms. The van der Waals surface area contributed by atoms with Gasteiger partial charge in [-0.15, -0.1) is 0 Å². The third-order valence-electron chi connectivity index (χ3n) is 2.81. The molecule has 2 rings (SSSR count). The van der Waals surface area contributed by atoms with Gasteiger partial charge in [0, 0.05) is 24.6 Å². The molecule has 0 radical (unpaired) electrons. The molecule has 0 saturated heterocycles. The molecule has 0 fully saturated rings. The van der Waals surface area contributed by atoms with Gasteiger partial charge in [0.15, 0.2) is 5.43 Å². The average molecular weight is 313 g/mol. The van der Waals surface area contributed by atoms with Gasteiger partial charge in [-0.3, -0.25) is 4.79 Å². The van der Waals surface area contributed by atoms with Crippen molar-refractivity contribution >= 4 is 17.1 Å². The highest BCUT2D eigenvalue weighted by Gasteiger charge is 2.15. The molecule has 0 aliphatic rings. The van der Waals surface area contributed by atoms with Crippen LogP contribution in [0.15, 0.2) is 39.7 Å². The van der Waals surface area contributed by atoms with Crippen molar-refractivity contribution in [2.45, 2.75) is 32.8 Å². The van der Waals surface area contributed by atoms with Crippen molar-refractivity contribution in [3.05, 3.63) is 46.3 Å². The maximum atomic E-state index is 11.7. The van der Waals surface area contributed by atoms with Crippen LogP contribution in [-0.4, -0.2) is 18.2 Å². The minimum Gasteiger partial charge on any atom is -0.464 e. The van der Waals surface area contributed by atoms with Crippen LogP contribution in [0.1, 0.15) is 32.8 Å². The lowest BCUT2D eigenvalue weighted by atomic mass is 10.1. The topological polar surface area (TPSA) is 68.5 Å². The minimum atomic E-state index is -0.512. The summed E-state index contributed by atoms with van der Waals surface area (Å²) < 4.78 is 10.4. The molecule has 120 valence electrons. The Kier molecular flexibility index (Phi) is 5.07. The molecule has 1 aromatic carbocycles. The van der Waals surface area contributed by atoms with Crippen molar-refractivity contribution in [1.82, 2.24) is 5.32 Å². The van der Waals surface area contributed by atoms with E-state index in [1.807, 2.05) is 20.8 Å². The summed E-state index contributed by atoms with van der Waals surface area (Å²) in [6.07, 6.45) is 1.40. The van der Waals surface area contributed by atoms with Gasteiger partial charge in [-0.1, -0.05) is 11.8 Å². The summed E-state index contributed by atoms with van der Waals surface area (Å²) in [5, 5.41) is 3.14. The summed E-state index contributed by atoms with van der Waals surface area (Å²) in [6, 6.07) is 6.60. The van der Waals surface area contributed by atoms with E-state index >= 15 is 0 Å². The zero-order valence-electron chi connectivity index (χ0n) is 13.4. The van der Waals surface area contributed by atoms with Gasteiger partial charge in [0.1, 0.15) is 11.2 Å². The van der Waals surface area contributed by atoms with E-state index in [9.17, 15) is 9.59 Å². The first-order valence-electron chi connectivity index (χ1n) is 7.32. The molecule has 0 aliphatic heterocycles. The number of carbonyl (C=O) groups is 1. The van der Waals surface area contributed by atoms with Crippen molar-refractivity contribution in [3.8, 4) is 11.8 Å². The normalized spacial score (nSPS) is 10.7. The number of hydrogen-bond donors (Lipinski definition) is 1. The summed E-state index contributed by atoms with van der Waals surface area (Å²) in [4.78, 5) is 23.2. The van der Waals surface area contributed by atoms with Gasteiger partial charge < -0.3 is 14.5 Å². The number of hydrogen-bond acceptors (Lipinski definition) is 4. The molecule has 0 aliphatic carbocycles. The highest BCUT2D eigenvalue weighted by molar-refractivity contribution is 5.77. The zero-order chi connectivity index (χ0) is 16.9. The number of ether oxygens (including phenoxy) is 1. The Balaban J connectivity index is 1.91. The smallest absolute Gasteiger partial charge is 0.407 e. The van der Waals surface area contributed by atoms with Crippen LogP contribution in [0.4, 0.5) is 4.79 Å². The molecule has 0 spiro atoms. The Morgan fingerprint density at radius 3 is 2.83 bits per heavy atom. The Bertz CT molecular complexity index is 819. The number of rotatable bonds is 2. The predicted octanol–water partition coefficient (Wildman–Crippen LogP) is 3.06. The Hall–Kier alpha value is -2.74. The Labute approximate surface area is 134 Å². The molecule has 2 aromatic rings. The molecule has 5 nitrogen and oxygen atoms in total. The highest BCUT2D eigenvalue weighted by Crippen LogP contribution is 2.11. The van der Waals surface area contributed by atoms with Crippen LogP contribution in [0.2, 0.25) is 0 Å². The third-order valence-corrected chi connectivity index (χ3v) is 2.81. The van der Waals surface area contributed by atoms with Crippen LogP contribution in [0, 0.1) is 11.8 Å². The van der Waals surface area contributed by atoms with Crippen molar-refractivity contribution in [2.24, 2.45) is 0 Å². The summed E-state index contributed by atoms with van der Waals surface area (Å²) in [7, 11) is 0. The third kappa shape index (κ3) is 5.19. The summed E-state index contributed by atoms with van der Waals surface area (Å²) in [6.45, 7) is 5.83. The first kappa shape index (κ1) is 16.6. The number of alkyl carbamates (subject to hydrolysis) is 1. The van der Waals surface area contributed by atoms with E-state index in [4.69, 9.17) is 9.15 Å². The fourth-order valence-corrected chi connectivity index (χ4v) is 1.87. The summed E-state index contributed by atoms with van der Waals surface area (Å²) >= 11 is 0. The second-order valence-electron chi connectivity index (χ2n) is 5.98. The SMILES string of the molecule is CC(C)(C)OC(=O)NCCC#Cc1ccc2occc(=O)c2c1. The average Bonchev–Trinajstić information content (AvgIpc) is 2.46. The van der Waals surface area contributed by atoms with E-state index in [1.54, 1.807) is 18.2 Å². The number of nitrogens with one attached hydrogen (secondary N) is 1. The van der Waals surface area contributed by atoms with E-state index < -0.39 is 11.7 Å². The van der Waals surface area contributed by atoms with Crippen LogP contribution < -0.4 is 10.7 Å². The Morgan fingerprint density at radius 1 is 1.30 bits per heavy atom. The van der Waals surface area contributed by atoms with Crippen LogP contribution in [0.5, 0.6) is 0 Å². The number of amides is 1. The fraction of sp³-hybridized carbons (Fsp3) is 0.333. The summed E-state index contributed by atoms with van der Waals surface area (Å²) in [5.41, 5.74) is 0.659. The number of fused-ring (bicyclic) bond motifs is 1. The monoisotopic (exact) mass is 313 g/mol. The van der Waals surface area contributed by atoms with Gasteiger partial charge in [-0.05, 0) is 39.0 Å². The largest absolute Gasteiger partial charge is 0.464 e. The maximum Gasteiger partial charge on any atom is 0.407 e. The van der Waals surface area contributed by atoms with Crippen molar-refractivity contribution in [2.75, 3.05) is 6.54 Å². The van der Waals surface area contributed by atoms with E-state index in [1.165, 1.54) is 12.3 Å². The van der Waals surface area contributed by atoms with Gasteiger partial charge in [0.05, 0.1) is 11.6 Å². The summed E-state index contributed by atoms with van der Waals surface area (Å²) in [5.74, 6) is 5.91. The van der Waals surface area contributed by atoms with Gasteiger partial charge in [0.25, 0.3) is 0 Å². The first-order valence-corrected chi connectivity index (χ1v) is 7.32. The lowest BCUT2D eigenvalue weighted by molar-refractivity contribution is 0.0529. The number of benzene rings is 1. The van der Waals surface area contributed by atoms with Crippen molar-refractivity contribution in [3.63, 3.8) is 0 Å². The maximum absolute atomic E-state index is 11.7. The quantitative estimate of drug-likeness (QED) is 0.683. The molecule has 1 N–H and O–H groups in total. The molecule has 0 unspecified atom stereocenters. The molecule has 0 atom stereocenters. The van der Waals surface area contributed by atoms with Gasteiger partial charge >= 0.3 is 6.09 Å². The lowest BCUT2D eigenvalue weighted by Crippen LogP contribution is -2.32. The predicted molar refractivity (Wildman–Crippen MR) is 88.2 cm³/mol. The van der Waals surface area contributed by atoms with E-state index in [-0.39, 0.29) is 5.43 Å². The Morgan fingerprint density at radius 2 is 2.09 bits per heavy atom. The molecule has 5 heteroatoms. The van der Waals surface area contributed by atoms with Crippen molar-refractivity contribution < 1.29 is 13.9 Å². The molecule has 1 heterocycles.